The fourth-order valence-corrected chi connectivity index (χ4v) is 3.89. The maximum atomic E-state index is 12.4. The molecule has 0 aromatic heterocycles. The molecule has 1 saturated heterocycles. The lowest BCUT2D eigenvalue weighted by Crippen LogP contribution is -2.33. The molecule has 2 amide bonds. The Hall–Kier alpha value is -2.10. The van der Waals surface area contributed by atoms with Crippen LogP contribution in [-0.2, 0) is 16.2 Å². The van der Waals surface area contributed by atoms with E-state index in [1.54, 1.807) is 12.1 Å². The molecule has 3 rings (SSSR count). The van der Waals surface area contributed by atoms with Gasteiger partial charge in [-0.05, 0) is 53.7 Å². The molecule has 0 bridgehead atoms. The Labute approximate surface area is 181 Å². The molecule has 1 aliphatic heterocycles. The van der Waals surface area contributed by atoms with Crippen LogP contribution in [0.3, 0.4) is 0 Å². The zero-order valence-electron chi connectivity index (χ0n) is 14.2. The molecule has 1 N–H and O–H groups in total. The number of amides is 2. The van der Waals surface area contributed by atoms with Gasteiger partial charge in [-0.25, -0.2) is 0 Å². The Morgan fingerprint density at radius 1 is 1.11 bits per heavy atom. The maximum Gasteiger partial charge on any atom is 0.323 e. The van der Waals surface area contributed by atoms with E-state index in [4.69, 9.17) is 9.84 Å². The van der Waals surface area contributed by atoms with Gasteiger partial charge in [-0.2, -0.15) is 0 Å². The second kappa shape index (κ2) is 8.93. The van der Waals surface area contributed by atoms with Crippen LogP contribution in [0.4, 0.5) is 4.79 Å². The summed E-state index contributed by atoms with van der Waals surface area (Å²) in [5, 5.41) is 8.25. The molecule has 2 aromatic rings. The monoisotopic (exact) mass is 525 g/mol. The SMILES string of the molecule is O=C(O)CN1C(=O)S/C(=C/c2cc(Br)ccc2OCc2ccc(Br)cc2)C1=O. The molecular weight excluding hydrogens is 514 g/mol. The van der Waals surface area contributed by atoms with E-state index in [2.05, 4.69) is 31.9 Å². The van der Waals surface area contributed by atoms with E-state index < -0.39 is 23.7 Å². The van der Waals surface area contributed by atoms with Crippen molar-refractivity contribution in [1.82, 2.24) is 4.90 Å². The van der Waals surface area contributed by atoms with E-state index in [-0.39, 0.29) is 4.91 Å². The normalized spacial score (nSPS) is 15.4. The third kappa shape index (κ3) is 5.03. The molecule has 1 aliphatic rings. The number of aliphatic carboxylic acids is 1. The van der Waals surface area contributed by atoms with Crippen molar-refractivity contribution in [2.24, 2.45) is 0 Å². The lowest BCUT2D eigenvalue weighted by Gasteiger charge is -2.11. The number of halogens is 2. The Balaban J connectivity index is 1.83. The van der Waals surface area contributed by atoms with E-state index in [1.807, 2.05) is 30.3 Å². The maximum absolute atomic E-state index is 12.4. The average Bonchev–Trinajstić information content (AvgIpc) is 2.89. The van der Waals surface area contributed by atoms with Crippen LogP contribution < -0.4 is 4.74 Å². The highest BCUT2D eigenvalue weighted by Crippen LogP contribution is 2.35. The molecule has 28 heavy (non-hydrogen) atoms. The summed E-state index contributed by atoms with van der Waals surface area (Å²) in [5.41, 5.74) is 1.58. The fourth-order valence-electron chi connectivity index (χ4n) is 2.42. The van der Waals surface area contributed by atoms with Crippen LogP contribution in [0.1, 0.15) is 11.1 Å². The molecular formula is C19H13Br2NO5S. The molecule has 2 aromatic carbocycles. The van der Waals surface area contributed by atoms with Gasteiger partial charge in [-0.1, -0.05) is 44.0 Å². The van der Waals surface area contributed by atoms with Crippen LogP contribution in [0.2, 0.25) is 0 Å². The molecule has 6 nitrogen and oxygen atoms in total. The number of hydrogen-bond donors (Lipinski definition) is 1. The molecule has 0 spiro atoms. The summed E-state index contributed by atoms with van der Waals surface area (Å²) in [5.74, 6) is -1.34. The molecule has 0 radical (unpaired) electrons. The van der Waals surface area contributed by atoms with E-state index >= 15 is 0 Å². The van der Waals surface area contributed by atoms with Crippen molar-refractivity contribution in [2.45, 2.75) is 6.61 Å². The number of ether oxygens (including phenoxy) is 1. The van der Waals surface area contributed by atoms with E-state index in [0.29, 0.717) is 34.6 Å². The minimum Gasteiger partial charge on any atom is -0.488 e. The average molecular weight is 527 g/mol. The second-order valence-corrected chi connectivity index (χ2v) is 8.58. The zero-order chi connectivity index (χ0) is 20.3. The molecule has 0 atom stereocenters. The number of nitrogens with zero attached hydrogens (tertiary/aromatic N) is 1. The highest BCUT2D eigenvalue weighted by atomic mass is 79.9. The van der Waals surface area contributed by atoms with Crippen LogP contribution in [0, 0.1) is 0 Å². The van der Waals surface area contributed by atoms with Gasteiger partial charge in [0.2, 0.25) is 0 Å². The first-order chi connectivity index (χ1) is 13.3. The van der Waals surface area contributed by atoms with Gasteiger partial charge in [-0.3, -0.25) is 19.3 Å². The third-order valence-corrected chi connectivity index (χ3v) is 5.66. The number of rotatable bonds is 6. The predicted molar refractivity (Wildman–Crippen MR) is 113 cm³/mol. The van der Waals surface area contributed by atoms with Gasteiger partial charge in [0.15, 0.2) is 0 Å². The van der Waals surface area contributed by atoms with Crippen molar-refractivity contribution in [3.63, 3.8) is 0 Å². The summed E-state index contributed by atoms with van der Waals surface area (Å²) in [4.78, 5) is 36.0. The van der Waals surface area contributed by atoms with Crippen molar-refractivity contribution in [1.29, 1.82) is 0 Å². The number of carbonyl (C=O) groups is 3. The van der Waals surface area contributed by atoms with Crippen molar-refractivity contribution in [3.8, 4) is 5.75 Å². The van der Waals surface area contributed by atoms with Gasteiger partial charge in [0, 0.05) is 14.5 Å². The number of thioether (sulfide) groups is 1. The lowest BCUT2D eigenvalue weighted by molar-refractivity contribution is -0.140. The van der Waals surface area contributed by atoms with Crippen molar-refractivity contribution >= 4 is 66.8 Å². The predicted octanol–water partition coefficient (Wildman–Crippen LogP) is 4.91. The minimum atomic E-state index is -1.25. The summed E-state index contributed by atoms with van der Waals surface area (Å²) >= 11 is 7.48. The lowest BCUT2D eigenvalue weighted by atomic mass is 10.1. The topological polar surface area (TPSA) is 83.9 Å². The fraction of sp³-hybridized carbons (Fsp3) is 0.105. The Morgan fingerprint density at radius 3 is 2.46 bits per heavy atom. The summed E-state index contributed by atoms with van der Waals surface area (Å²) in [6, 6.07) is 13.0. The smallest absolute Gasteiger partial charge is 0.323 e. The number of carboxylic acids is 1. The Bertz CT molecular complexity index is 975. The molecule has 0 saturated carbocycles. The van der Waals surface area contributed by atoms with E-state index in [0.717, 1.165) is 14.5 Å². The highest BCUT2D eigenvalue weighted by molar-refractivity contribution is 9.10. The molecule has 144 valence electrons. The number of hydrogen-bond acceptors (Lipinski definition) is 5. The van der Waals surface area contributed by atoms with Crippen LogP contribution in [0.15, 0.2) is 56.3 Å². The molecule has 1 heterocycles. The third-order valence-electron chi connectivity index (χ3n) is 3.73. The number of benzene rings is 2. The first-order valence-electron chi connectivity index (χ1n) is 7.97. The zero-order valence-corrected chi connectivity index (χ0v) is 18.2. The molecule has 9 heteroatoms. The summed E-state index contributed by atoms with van der Waals surface area (Å²) < 4.78 is 7.64. The Morgan fingerprint density at radius 2 is 1.79 bits per heavy atom. The molecule has 1 fully saturated rings. The van der Waals surface area contributed by atoms with Crippen molar-refractivity contribution in [2.75, 3.05) is 6.54 Å². The quantitative estimate of drug-likeness (QED) is 0.538. The van der Waals surface area contributed by atoms with Crippen molar-refractivity contribution < 1.29 is 24.2 Å². The first kappa shape index (κ1) is 20.6. The molecule has 0 aliphatic carbocycles. The van der Waals surface area contributed by atoms with Crippen molar-refractivity contribution in [3.05, 3.63) is 67.4 Å². The number of carboxylic acid groups (broad SMARTS) is 1. The summed E-state index contributed by atoms with van der Waals surface area (Å²) in [6.45, 7) is -0.330. The molecule has 0 unspecified atom stereocenters. The van der Waals surface area contributed by atoms with Gasteiger partial charge in [0.05, 0.1) is 4.91 Å². The summed E-state index contributed by atoms with van der Waals surface area (Å²) in [7, 11) is 0. The summed E-state index contributed by atoms with van der Waals surface area (Å²) in [6.07, 6.45) is 1.54. The number of imide groups is 1. The second-order valence-electron chi connectivity index (χ2n) is 5.76. The van der Waals surface area contributed by atoms with Gasteiger partial charge < -0.3 is 9.84 Å². The van der Waals surface area contributed by atoms with Gasteiger partial charge >= 0.3 is 5.97 Å². The minimum absolute atomic E-state index is 0.151. The van der Waals surface area contributed by atoms with E-state index in [9.17, 15) is 14.4 Å². The van der Waals surface area contributed by atoms with Crippen LogP contribution >= 0.6 is 43.6 Å². The van der Waals surface area contributed by atoms with Gasteiger partial charge in [-0.15, -0.1) is 0 Å². The number of carbonyl (C=O) groups excluding carboxylic acids is 2. The van der Waals surface area contributed by atoms with E-state index in [1.165, 1.54) is 6.08 Å². The van der Waals surface area contributed by atoms with Crippen LogP contribution in [0.5, 0.6) is 5.75 Å². The standard InChI is InChI=1S/C19H13Br2NO5S/c20-13-3-1-11(2-4-13)10-27-15-6-5-14(21)7-12(15)8-16-18(25)22(9-17(23)24)19(26)28-16/h1-8H,9-10H2,(H,23,24)/b16-8+. The first-order valence-corrected chi connectivity index (χ1v) is 10.4. The highest BCUT2D eigenvalue weighted by Gasteiger charge is 2.36. The van der Waals surface area contributed by atoms with Crippen LogP contribution in [-0.4, -0.2) is 33.7 Å². The van der Waals surface area contributed by atoms with Gasteiger partial charge in [0.25, 0.3) is 11.1 Å². The Kier molecular flexibility index (Phi) is 6.58. The van der Waals surface area contributed by atoms with Crippen LogP contribution in [0.25, 0.3) is 6.08 Å². The largest absolute Gasteiger partial charge is 0.488 e. The van der Waals surface area contributed by atoms with Gasteiger partial charge in [0.1, 0.15) is 18.9 Å².